The van der Waals surface area contributed by atoms with Crippen molar-refractivity contribution < 1.29 is 28.5 Å². The highest BCUT2D eigenvalue weighted by Gasteiger charge is 2.44. The summed E-state index contributed by atoms with van der Waals surface area (Å²) in [6, 6.07) is 11.0. The summed E-state index contributed by atoms with van der Waals surface area (Å²) in [5.74, 6) is -0.458. The fourth-order valence-electron chi connectivity index (χ4n) is 4.57. The first kappa shape index (κ1) is 26.0. The van der Waals surface area contributed by atoms with Crippen molar-refractivity contribution in [2.75, 3.05) is 31.6 Å². The maximum atomic E-state index is 13.9. The Bertz CT molecular complexity index is 978. The van der Waals surface area contributed by atoms with Gasteiger partial charge in [-0.25, -0.2) is 4.98 Å². The summed E-state index contributed by atoms with van der Waals surface area (Å²) in [6.07, 6.45) is 0.0766. The molecule has 1 aromatic carbocycles. The number of anilines is 1. The first-order valence-electron chi connectivity index (χ1n) is 11.5. The zero-order valence-electron chi connectivity index (χ0n) is 19.8. The Kier molecular flexibility index (Phi) is 8.57. The van der Waals surface area contributed by atoms with E-state index in [0.717, 1.165) is 11.1 Å². The van der Waals surface area contributed by atoms with Gasteiger partial charge in [0.25, 0.3) is 0 Å². The molecule has 2 aromatic rings. The SMILES string of the molecule is Cc1ccc(NC(=O)C2(c3ccccc3C(C)C)CCN(C[C@@H](O)CO)CC2)c(OC(F)F)n1. The first-order chi connectivity index (χ1) is 16.2. The van der Waals surface area contributed by atoms with Gasteiger partial charge in [0.2, 0.25) is 11.8 Å². The molecule has 0 aliphatic carbocycles. The van der Waals surface area contributed by atoms with Gasteiger partial charge in [0.1, 0.15) is 5.69 Å². The normalized spacial score (nSPS) is 17.1. The first-order valence-corrected chi connectivity index (χ1v) is 11.5. The summed E-state index contributed by atoms with van der Waals surface area (Å²) in [5.41, 5.74) is 1.63. The van der Waals surface area contributed by atoms with E-state index in [9.17, 15) is 23.8 Å². The van der Waals surface area contributed by atoms with Crippen LogP contribution in [0.25, 0.3) is 0 Å². The molecule has 1 amide bonds. The molecule has 0 radical (unpaired) electrons. The van der Waals surface area contributed by atoms with Gasteiger partial charge >= 0.3 is 6.61 Å². The number of β-amino-alcohol motifs (C(OH)–C–C–N with tert-alkyl or cyclic N) is 1. The van der Waals surface area contributed by atoms with Crippen LogP contribution in [0.4, 0.5) is 14.5 Å². The van der Waals surface area contributed by atoms with E-state index in [1.165, 1.54) is 6.07 Å². The molecule has 1 aliphatic rings. The summed E-state index contributed by atoms with van der Waals surface area (Å²) in [5, 5.41) is 21.9. The number of amides is 1. The number of pyridine rings is 1. The van der Waals surface area contributed by atoms with E-state index in [2.05, 4.69) is 28.9 Å². The molecule has 1 aromatic heterocycles. The minimum atomic E-state index is -3.07. The number of nitrogens with zero attached hydrogens (tertiary/aromatic N) is 2. The summed E-state index contributed by atoms with van der Waals surface area (Å²) < 4.78 is 30.5. The molecule has 1 aliphatic heterocycles. The van der Waals surface area contributed by atoms with Crippen LogP contribution in [0.2, 0.25) is 0 Å². The van der Waals surface area contributed by atoms with Gasteiger partial charge in [-0.3, -0.25) is 4.79 Å². The summed E-state index contributed by atoms with van der Waals surface area (Å²) >= 11 is 0. The average Bonchev–Trinajstić information content (AvgIpc) is 2.81. The van der Waals surface area contributed by atoms with Crippen molar-refractivity contribution in [3.05, 3.63) is 53.2 Å². The van der Waals surface area contributed by atoms with Crippen LogP contribution in [0.3, 0.4) is 0 Å². The van der Waals surface area contributed by atoms with E-state index in [1.807, 2.05) is 29.2 Å². The van der Waals surface area contributed by atoms with Gasteiger partial charge in [-0.1, -0.05) is 38.1 Å². The molecule has 2 heterocycles. The lowest BCUT2D eigenvalue weighted by Crippen LogP contribution is -2.51. The van der Waals surface area contributed by atoms with Crippen molar-refractivity contribution >= 4 is 11.6 Å². The topological polar surface area (TPSA) is 94.9 Å². The van der Waals surface area contributed by atoms with Gasteiger partial charge in [0.05, 0.1) is 18.1 Å². The number of hydrogen-bond donors (Lipinski definition) is 3. The summed E-state index contributed by atoms with van der Waals surface area (Å²) in [6.45, 7) is 3.76. The molecule has 0 saturated carbocycles. The number of piperidine rings is 1. The Morgan fingerprint density at radius 3 is 2.50 bits per heavy atom. The maximum Gasteiger partial charge on any atom is 0.388 e. The maximum absolute atomic E-state index is 13.9. The number of carbonyl (C=O) groups is 1. The third-order valence-electron chi connectivity index (χ3n) is 6.37. The number of hydrogen-bond acceptors (Lipinski definition) is 6. The smallest absolute Gasteiger partial charge is 0.388 e. The van der Waals surface area contributed by atoms with Gasteiger partial charge in [0, 0.05) is 12.2 Å². The van der Waals surface area contributed by atoms with Gasteiger partial charge < -0.3 is 25.2 Å². The molecule has 1 atom stereocenters. The van der Waals surface area contributed by atoms with Gasteiger partial charge in [-0.15, -0.1) is 0 Å². The van der Waals surface area contributed by atoms with Gasteiger partial charge in [-0.2, -0.15) is 8.78 Å². The number of aliphatic hydroxyl groups is 2. The van der Waals surface area contributed by atoms with E-state index in [0.29, 0.717) is 38.2 Å². The van der Waals surface area contributed by atoms with Crippen molar-refractivity contribution in [1.82, 2.24) is 9.88 Å². The number of alkyl halides is 2. The van der Waals surface area contributed by atoms with Crippen molar-refractivity contribution in [3.63, 3.8) is 0 Å². The second kappa shape index (κ2) is 11.2. The number of aromatic nitrogens is 1. The lowest BCUT2D eigenvalue weighted by Gasteiger charge is -2.42. The number of halogens is 2. The fraction of sp³-hybridized carbons (Fsp3) is 0.520. The fourth-order valence-corrected chi connectivity index (χ4v) is 4.57. The number of ether oxygens (including phenoxy) is 1. The number of nitrogens with one attached hydrogen (secondary N) is 1. The zero-order chi connectivity index (χ0) is 24.9. The Morgan fingerprint density at radius 1 is 1.21 bits per heavy atom. The van der Waals surface area contributed by atoms with E-state index in [-0.39, 0.29) is 30.0 Å². The third-order valence-corrected chi connectivity index (χ3v) is 6.37. The molecule has 0 unspecified atom stereocenters. The lowest BCUT2D eigenvalue weighted by atomic mass is 9.69. The minimum absolute atomic E-state index is 0.0930. The van der Waals surface area contributed by atoms with Crippen molar-refractivity contribution in [2.24, 2.45) is 0 Å². The third kappa shape index (κ3) is 5.89. The standard InChI is InChI=1S/C25H33F2N3O4/c1-16(2)19-6-4-5-7-20(19)25(10-12-30(13-11-25)14-18(32)15-31)23(33)29-21-9-8-17(3)28-22(21)34-24(26)27/h4-9,16,18,24,31-32H,10-15H2,1-3H3,(H,29,33)/t18-/m1/s1. The van der Waals surface area contributed by atoms with Crippen molar-refractivity contribution in [2.45, 2.75) is 57.7 Å². The summed E-state index contributed by atoms with van der Waals surface area (Å²) in [7, 11) is 0. The highest BCUT2D eigenvalue weighted by atomic mass is 19.3. The summed E-state index contributed by atoms with van der Waals surface area (Å²) in [4.78, 5) is 19.9. The Morgan fingerprint density at radius 2 is 1.88 bits per heavy atom. The average molecular weight is 478 g/mol. The van der Waals surface area contributed by atoms with Crippen LogP contribution in [-0.4, -0.2) is 65.0 Å². The van der Waals surface area contributed by atoms with Crippen LogP contribution in [-0.2, 0) is 10.2 Å². The highest BCUT2D eigenvalue weighted by Crippen LogP contribution is 2.41. The monoisotopic (exact) mass is 477 g/mol. The molecule has 7 nitrogen and oxygen atoms in total. The molecule has 0 spiro atoms. The Hall–Kier alpha value is -2.62. The predicted octanol–water partition coefficient (Wildman–Crippen LogP) is 3.44. The van der Waals surface area contributed by atoms with Crippen LogP contribution in [0.1, 0.15) is 49.4 Å². The molecular weight excluding hydrogens is 444 g/mol. The van der Waals surface area contributed by atoms with Crippen LogP contribution in [0.15, 0.2) is 36.4 Å². The second-order valence-corrected chi connectivity index (χ2v) is 9.10. The van der Waals surface area contributed by atoms with Crippen LogP contribution in [0, 0.1) is 6.92 Å². The number of carbonyl (C=O) groups excluding carboxylic acids is 1. The molecule has 3 N–H and O–H groups in total. The van der Waals surface area contributed by atoms with Crippen LogP contribution >= 0.6 is 0 Å². The Balaban J connectivity index is 1.97. The quantitative estimate of drug-likeness (QED) is 0.512. The highest BCUT2D eigenvalue weighted by molar-refractivity contribution is 6.00. The second-order valence-electron chi connectivity index (χ2n) is 9.10. The number of aliphatic hydroxyl groups excluding tert-OH is 2. The molecule has 0 bridgehead atoms. The predicted molar refractivity (Wildman–Crippen MR) is 125 cm³/mol. The molecule has 9 heteroatoms. The molecule has 1 saturated heterocycles. The largest absolute Gasteiger partial charge is 0.415 e. The van der Waals surface area contributed by atoms with Crippen molar-refractivity contribution in [3.8, 4) is 5.88 Å². The molecular formula is C25H33F2N3O4. The van der Waals surface area contributed by atoms with E-state index in [1.54, 1.807) is 13.0 Å². The van der Waals surface area contributed by atoms with Crippen LogP contribution in [0.5, 0.6) is 5.88 Å². The van der Waals surface area contributed by atoms with Crippen molar-refractivity contribution in [1.29, 1.82) is 0 Å². The number of benzene rings is 1. The van der Waals surface area contributed by atoms with E-state index in [4.69, 9.17) is 0 Å². The number of likely N-dealkylation sites (tertiary alicyclic amines) is 1. The number of aryl methyl sites for hydroxylation is 1. The van der Waals surface area contributed by atoms with Gasteiger partial charge in [0.15, 0.2) is 0 Å². The van der Waals surface area contributed by atoms with E-state index < -0.39 is 18.1 Å². The Labute approximate surface area is 198 Å². The lowest BCUT2D eigenvalue weighted by molar-refractivity contribution is -0.123. The molecule has 3 rings (SSSR count). The molecule has 34 heavy (non-hydrogen) atoms. The number of rotatable bonds is 9. The zero-order valence-corrected chi connectivity index (χ0v) is 19.8. The molecule has 1 fully saturated rings. The minimum Gasteiger partial charge on any atom is -0.415 e. The van der Waals surface area contributed by atoms with Gasteiger partial charge in [-0.05, 0) is 62.0 Å². The van der Waals surface area contributed by atoms with E-state index >= 15 is 0 Å². The van der Waals surface area contributed by atoms with Crippen LogP contribution < -0.4 is 10.1 Å². The molecule has 186 valence electrons.